The molecule has 2 N–H and O–H groups in total. The topological polar surface area (TPSA) is 69.4 Å². The summed E-state index contributed by atoms with van der Waals surface area (Å²) in [4.78, 5) is 21.1. The average Bonchev–Trinajstić information content (AvgIpc) is 2.64. The molecule has 2 atom stereocenters. The van der Waals surface area contributed by atoms with Crippen molar-refractivity contribution in [2.45, 2.75) is 6.42 Å². The zero-order valence-corrected chi connectivity index (χ0v) is 5.66. The summed E-state index contributed by atoms with van der Waals surface area (Å²) in [7, 11) is 1.30. The molecule has 0 saturated heterocycles. The van der Waals surface area contributed by atoms with Crippen LogP contribution in [0.2, 0.25) is 0 Å². The maximum Gasteiger partial charge on any atom is 0.309 e. The van der Waals surface area contributed by atoms with Gasteiger partial charge in [0.25, 0.3) is 0 Å². The number of rotatable bonds is 2. The Balaban J connectivity index is 2.38. The van der Waals surface area contributed by atoms with Gasteiger partial charge >= 0.3 is 5.97 Å². The van der Waals surface area contributed by atoms with E-state index in [0.717, 1.165) is 0 Å². The molecule has 0 aromatic heterocycles. The van der Waals surface area contributed by atoms with Crippen LogP contribution in [0.25, 0.3) is 0 Å². The Morgan fingerprint density at radius 3 is 2.40 bits per heavy atom. The lowest BCUT2D eigenvalue weighted by atomic mass is 10.3. The van der Waals surface area contributed by atoms with Gasteiger partial charge in [0.05, 0.1) is 18.9 Å². The highest BCUT2D eigenvalue weighted by molar-refractivity contribution is 5.89. The fourth-order valence-electron chi connectivity index (χ4n) is 0.921. The van der Waals surface area contributed by atoms with E-state index in [0.29, 0.717) is 6.42 Å². The zero-order chi connectivity index (χ0) is 7.72. The van der Waals surface area contributed by atoms with Gasteiger partial charge < -0.3 is 10.5 Å². The molecule has 10 heavy (non-hydrogen) atoms. The standard InChI is InChI=1S/C6H9NO3/c1-10-6(9)4-2-3(4)5(7)8/h3-4H,2H2,1H3,(H2,7,8)/t3-,4-/m1/s1. The molecule has 0 aromatic rings. The van der Waals surface area contributed by atoms with Crippen LogP contribution in [0.4, 0.5) is 0 Å². The lowest BCUT2D eigenvalue weighted by Crippen LogP contribution is -2.17. The molecule has 4 nitrogen and oxygen atoms in total. The van der Waals surface area contributed by atoms with Gasteiger partial charge in [-0.3, -0.25) is 9.59 Å². The molecule has 0 spiro atoms. The molecule has 1 aliphatic rings. The number of hydrogen-bond donors (Lipinski definition) is 1. The number of ether oxygens (including phenoxy) is 1. The predicted octanol–water partition coefficient (Wildman–Crippen LogP) is -0.719. The van der Waals surface area contributed by atoms with Crippen molar-refractivity contribution in [3.8, 4) is 0 Å². The number of amides is 1. The van der Waals surface area contributed by atoms with Crippen molar-refractivity contribution in [2.75, 3.05) is 7.11 Å². The molecule has 0 heterocycles. The summed E-state index contributed by atoms with van der Waals surface area (Å²) in [5.41, 5.74) is 4.93. The zero-order valence-electron chi connectivity index (χ0n) is 5.66. The summed E-state index contributed by atoms with van der Waals surface area (Å²) >= 11 is 0. The summed E-state index contributed by atoms with van der Waals surface area (Å²) in [6.45, 7) is 0. The number of carbonyl (C=O) groups excluding carboxylic acids is 2. The number of primary amides is 1. The largest absolute Gasteiger partial charge is 0.469 e. The number of esters is 1. The molecule has 1 saturated carbocycles. The summed E-state index contributed by atoms with van der Waals surface area (Å²) in [6.07, 6.45) is 0.558. The van der Waals surface area contributed by atoms with Gasteiger partial charge in [-0.2, -0.15) is 0 Å². The van der Waals surface area contributed by atoms with E-state index in [1.165, 1.54) is 7.11 Å². The van der Waals surface area contributed by atoms with E-state index in [2.05, 4.69) is 4.74 Å². The third-order valence-corrected chi connectivity index (χ3v) is 1.66. The quantitative estimate of drug-likeness (QED) is 0.518. The highest BCUT2D eigenvalue weighted by atomic mass is 16.5. The van der Waals surface area contributed by atoms with Crippen molar-refractivity contribution in [3.05, 3.63) is 0 Å². The lowest BCUT2D eigenvalue weighted by molar-refractivity contribution is -0.143. The van der Waals surface area contributed by atoms with Crippen LogP contribution in [0.3, 0.4) is 0 Å². The molecule has 1 rings (SSSR count). The van der Waals surface area contributed by atoms with Gasteiger partial charge in [-0.1, -0.05) is 0 Å². The van der Waals surface area contributed by atoms with Crippen LogP contribution in [-0.2, 0) is 14.3 Å². The third kappa shape index (κ3) is 1.10. The maximum atomic E-state index is 10.7. The molecule has 1 amide bonds. The second kappa shape index (κ2) is 2.28. The van der Waals surface area contributed by atoms with E-state index in [1.807, 2.05) is 0 Å². The molecule has 0 aromatic carbocycles. The lowest BCUT2D eigenvalue weighted by Gasteiger charge is -1.93. The minimum absolute atomic E-state index is 0.262. The van der Waals surface area contributed by atoms with Crippen molar-refractivity contribution in [1.82, 2.24) is 0 Å². The Labute approximate surface area is 58.3 Å². The SMILES string of the molecule is COC(=O)[C@@H]1C[C@H]1C(N)=O. The van der Waals surface area contributed by atoms with E-state index in [4.69, 9.17) is 5.73 Å². The summed E-state index contributed by atoms with van der Waals surface area (Å²) < 4.78 is 4.41. The molecule has 1 aliphatic carbocycles. The normalized spacial score (nSPS) is 29.3. The fourth-order valence-corrected chi connectivity index (χ4v) is 0.921. The van der Waals surface area contributed by atoms with Crippen molar-refractivity contribution in [2.24, 2.45) is 17.6 Å². The third-order valence-electron chi connectivity index (χ3n) is 1.66. The van der Waals surface area contributed by atoms with Gasteiger partial charge in [0.1, 0.15) is 0 Å². The van der Waals surface area contributed by atoms with Crippen LogP contribution in [0.15, 0.2) is 0 Å². The van der Waals surface area contributed by atoms with Crippen molar-refractivity contribution >= 4 is 11.9 Å². The molecule has 0 aliphatic heterocycles. The van der Waals surface area contributed by atoms with Crippen LogP contribution in [0.5, 0.6) is 0 Å². The van der Waals surface area contributed by atoms with Crippen molar-refractivity contribution < 1.29 is 14.3 Å². The number of methoxy groups -OCH3 is 1. The average molecular weight is 143 g/mol. The highest BCUT2D eigenvalue weighted by Crippen LogP contribution is 2.38. The Hall–Kier alpha value is -1.06. The van der Waals surface area contributed by atoms with Gasteiger partial charge in [0.15, 0.2) is 0 Å². The first-order valence-electron chi connectivity index (χ1n) is 3.04. The monoisotopic (exact) mass is 143 g/mol. The molecule has 0 radical (unpaired) electrons. The van der Waals surface area contributed by atoms with Crippen LogP contribution >= 0.6 is 0 Å². The van der Waals surface area contributed by atoms with Crippen LogP contribution < -0.4 is 5.73 Å². The summed E-state index contributed by atoms with van der Waals surface area (Å²) in [5.74, 6) is -1.27. The molecule has 0 bridgehead atoms. The first-order valence-corrected chi connectivity index (χ1v) is 3.04. The highest BCUT2D eigenvalue weighted by Gasteiger charge is 2.47. The second-order valence-electron chi connectivity index (χ2n) is 2.37. The molecular weight excluding hydrogens is 134 g/mol. The Morgan fingerprint density at radius 1 is 1.50 bits per heavy atom. The first-order chi connectivity index (χ1) is 4.66. The van der Waals surface area contributed by atoms with Crippen LogP contribution in [0, 0.1) is 11.8 Å². The summed E-state index contributed by atoms with van der Waals surface area (Å²) in [6, 6.07) is 0. The Bertz CT molecular complexity index is 178. The van der Waals surface area contributed by atoms with Gasteiger partial charge in [-0.25, -0.2) is 0 Å². The fraction of sp³-hybridized carbons (Fsp3) is 0.667. The Kier molecular flexibility index (Phi) is 1.61. The molecular formula is C6H9NO3. The molecule has 1 fully saturated rings. The van der Waals surface area contributed by atoms with Crippen LogP contribution in [-0.4, -0.2) is 19.0 Å². The van der Waals surface area contributed by atoms with Gasteiger partial charge in [0.2, 0.25) is 5.91 Å². The first kappa shape index (κ1) is 7.05. The predicted molar refractivity (Wildman–Crippen MR) is 32.8 cm³/mol. The number of hydrogen-bond acceptors (Lipinski definition) is 3. The van der Waals surface area contributed by atoms with Crippen molar-refractivity contribution in [3.63, 3.8) is 0 Å². The molecule has 0 unspecified atom stereocenters. The maximum absolute atomic E-state index is 10.7. The van der Waals surface area contributed by atoms with E-state index < -0.39 is 5.91 Å². The van der Waals surface area contributed by atoms with Gasteiger partial charge in [0, 0.05) is 0 Å². The molecule has 4 heteroatoms. The second-order valence-corrected chi connectivity index (χ2v) is 2.37. The van der Waals surface area contributed by atoms with E-state index in [1.54, 1.807) is 0 Å². The smallest absolute Gasteiger partial charge is 0.309 e. The Morgan fingerprint density at radius 2 is 2.10 bits per heavy atom. The van der Waals surface area contributed by atoms with Crippen LogP contribution in [0.1, 0.15) is 6.42 Å². The van der Waals surface area contributed by atoms with E-state index in [-0.39, 0.29) is 17.8 Å². The summed E-state index contributed by atoms with van der Waals surface area (Å²) in [5, 5.41) is 0. The molecule has 56 valence electrons. The minimum Gasteiger partial charge on any atom is -0.469 e. The van der Waals surface area contributed by atoms with E-state index in [9.17, 15) is 9.59 Å². The van der Waals surface area contributed by atoms with Gasteiger partial charge in [-0.15, -0.1) is 0 Å². The number of nitrogens with two attached hydrogens (primary N) is 1. The minimum atomic E-state index is -0.407. The van der Waals surface area contributed by atoms with Gasteiger partial charge in [-0.05, 0) is 6.42 Å². The van der Waals surface area contributed by atoms with E-state index >= 15 is 0 Å². The number of carbonyl (C=O) groups is 2. The van der Waals surface area contributed by atoms with Crippen molar-refractivity contribution in [1.29, 1.82) is 0 Å².